The number of hydrogen-bond acceptors (Lipinski definition) is 2. The Hall–Kier alpha value is -2.29. The Morgan fingerprint density at radius 2 is 2.00 bits per heavy atom. The van der Waals surface area contributed by atoms with Crippen LogP contribution < -0.4 is 4.74 Å². The van der Waals surface area contributed by atoms with Gasteiger partial charge >= 0.3 is 0 Å². The molecule has 0 saturated carbocycles. The van der Waals surface area contributed by atoms with Crippen LogP contribution in [0.25, 0.3) is 16.9 Å². The maximum atomic E-state index is 5.81. The van der Waals surface area contributed by atoms with E-state index in [0.717, 1.165) is 28.3 Å². The predicted octanol–water partition coefficient (Wildman–Crippen LogP) is 3.20. The Balaban J connectivity index is 2.12. The van der Waals surface area contributed by atoms with Crippen LogP contribution in [0.2, 0.25) is 0 Å². The van der Waals surface area contributed by atoms with E-state index in [2.05, 4.69) is 23.5 Å². The van der Waals surface area contributed by atoms with E-state index in [1.807, 2.05) is 30.3 Å². The molecule has 3 heteroatoms. The molecule has 0 aliphatic carbocycles. The van der Waals surface area contributed by atoms with Crippen molar-refractivity contribution in [1.29, 1.82) is 0 Å². The molecule has 1 aliphatic heterocycles. The van der Waals surface area contributed by atoms with Crippen LogP contribution in [0.4, 0.5) is 0 Å². The zero-order valence-electron chi connectivity index (χ0n) is 10.1. The summed E-state index contributed by atoms with van der Waals surface area (Å²) < 4.78 is 7.98. The van der Waals surface area contributed by atoms with E-state index in [4.69, 9.17) is 9.72 Å². The molecule has 0 radical (unpaired) electrons. The van der Waals surface area contributed by atoms with Crippen molar-refractivity contribution >= 4 is 5.65 Å². The SMILES string of the molecule is Cc1cccc2nc3c(n12)COc1ccccc1-3. The maximum Gasteiger partial charge on any atom is 0.138 e. The molecule has 18 heavy (non-hydrogen) atoms. The van der Waals surface area contributed by atoms with Crippen molar-refractivity contribution in [2.45, 2.75) is 13.5 Å². The summed E-state index contributed by atoms with van der Waals surface area (Å²) in [7, 11) is 0. The summed E-state index contributed by atoms with van der Waals surface area (Å²) in [5.74, 6) is 0.922. The molecule has 88 valence electrons. The number of benzene rings is 1. The fourth-order valence-corrected chi connectivity index (χ4v) is 2.61. The van der Waals surface area contributed by atoms with Gasteiger partial charge in [-0.15, -0.1) is 0 Å². The molecular formula is C15H12N2O. The molecule has 0 spiro atoms. The van der Waals surface area contributed by atoms with Gasteiger partial charge in [0.1, 0.15) is 18.0 Å². The Kier molecular flexibility index (Phi) is 1.81. The van der Waals surface area contributed by atoms with Crippen molar-refractivity contribution in [1.82, 2.24) is 9.38 Å². The molecule has 4 rings (SSSR count). The first-order valence-electron chi connectivity index (χ1n) is 6.04. The standard InChI is InChI=1S/C15H12N2O/c1-10-5-4-8-14-16-15-11-6-2-3-7-13(11)18-9-12(15)17(10)14/h2-8H,9H2,1H3. The molecule has 1 aliphatic rings. The molecular weight excluding hydrogens is 224 g/mol. The Morgan fingerprint density at radius 3 is 2.94 bits per heavy atom. The molecule has 0 unspecified atom stereocenters. The lowest BCUT2D eigenvalue weighted by molar-refractivity contribution is 0.296. The van der Waals surface area contributed by atoms with Crippen molar-refractivity contribution < 1.29 is 4.74 Å². The van der Waals surface area contributed by atoms with Crippen molar-refractivity contribution in [3.8, 4) is 17.0 Å². The van der Waals surface area contributed by atoms with E-state index in [-0.39, 0.29) is 0 Å². The average Bonchev–Trinajstić information content (AvgIpc) is 2.79. The second kappa shape index (κ2) is 3.35. The van der Waals surface area contributed by atoms with Gasteiger partial charge in [-0.2, -0.15) is 0 Å². The zero-order chi connectivity index (χ0) is 12.1. The largest absolute Gasteiger partial charge is 0.487 e. The summed E-state index contributed by atoms with van der Waals surface area (Å²) in [6.07, 6.45) is 0. The Morgan fingerprint density at radius 1 is 1.11 bits per heavy atom. The van der Waals surface area contributed by atoms with Crippen LogP contribution >= 0.6 is 0 Å². The summed E-state index contributed by atoms with van der Waals surface area (Å²) >= 11 is 0. The van der Waals surface area contributed by atoms with Crippen molar-refractivity contribution in [3.63, 3.8) is 0 Å². The van der Waals surface area contributed by atoms with Gasteiger partial charge < -0.3 is 4.74 Å². The highest BCUT2D eigenvalue weighted by atomic mass is 16.5. The van der Waals surface area contributed by atoms with Gasteiger partial charge in [-0.25, -0.2) is 4.98 Å². The molecule has 3 nitrogen and oxygen atoms in total. The van der Waals surface area contributed by atoms with Crippen LogP contribution in [0.5, 0.6) is 5.75 Å². The fourth-order valence-electron chi connectivity index (χ4n) is 2.61. The number of pyridine rings is 1. The molecule has 3 aromatic rings. The van der Waals surface area contributed by atoms with Crippen molar-refractivity contribution in [2.75, 3.05) is 0 Å². The smallest absolute Gasteiger partial charge is 0.138 e. The van der Waals surface area contributed by atoms with Crippen molar-refractivity contribution in [3.05, 3.63) is 53.9 Å². The summed E-state index contributed by atoms with van der Waals surface area (Å²) in [6, 6.07) is 14.2. The number of rotatable bonds is 0. The van der Waals surface area contributed by atoms with E-state index >= 15 is 0 Å². The number of nitrogens with zero attached hydrogens (tertiary/aromatic N) is 2. The highest BCUT2D eigenvalue weighted by Crippen LogP contribution is 2.37. The topological polar surface area (TPSA) is 26.5 Å². The first kappa shape index (κ1) is 9.71. The summed E-state index contributed by atoms with van der Waals surface area (Å²) in [4.78, 5) is 4.74. The molecule has 0 atom stereocenters. The van der Waals surface area contributed by atoms with E-state index in [9.17, 15) is 0 Å². The maximum absolute atomic E-state index is 5.81. The highest BCUT2D eigenvalue weighted by molar-refractivity contribution is 5.73. The number of ether oxygens (including phenoxy) is 1. The van der Waals surface area contributed by atoms with E-state index in [1.54, 1.807) is 0 Å². The normalized spacial score (nSPS) is 12.9. The Labute approximate surface area is 105 Å². The lowest BCUT2D eigenvalue weighted by Crippen LogP contribution is -2.08. The monoisotopic (exact) mass is 236 g/mol. The minimum Gasteiger partial charge on any atom is -0.487 e. The van der Waals surface area contributed by atoms with Crippen LogP contribution in [0.15, 0.2) is 42.5 Å². The molecule has 1 aromatic carbocycles. The number of aromatic nitrogens is 2. The number of hydrogen-bond donors (Lipinski definition) is 0. The number of para-hydroxylation sites is 1. The molecule has 0 amide bonds. The summed E-state index contributed by atoms with van der Waals surface area (Å²) in [5.41, 5.74) is 5.44. The van der Waals surface area contributed by atoms with Crippen LogP contribution in [0.1, 0.15) is 11.4 Å². The van der Waals surface area contributed by atoms with Gasteiger partial charge in [0, 0.05) is 11.3 Å². The van der Waals surface area contributed by atoms with E-state index < -0.39 is 0 Å². The second-order valence-corrected chi connectivity index (χ2v) is 4.55. The lowest BCUT2D eigenvalue weighted by Gasteiger charge is -2.17. The second-order valence-electron chi connectivity index (χ2n) is 4.55. The zero-order valence-corrected chi connectivity index (χ0v) is 10.1. The number of imidazole rings is 1. The van der Waals surface area contributed by atoms with Crippen molar-refractivity contribution in [2.24, 2.45) is 0 Å². The van der Waals surface area contributed by atoms with Gasteiger partial charge in [-0.3, -0.25) is 4.40 Å². The third-order valence-electron chi connectivity index (χ3n) is 3.44. The summed E-state index contributed by atoms with van der Waals surface area (Å²) in [5, 5.41) is 0. The Bertz CT molecular complexity index is 758. The molecule has 0 fully saturated rings. The molecule has 0 saturated heterocycles. The van der Waals surface area contributed by atoms with Gasteiger partial charge in [0.15, 0.2) is 0 Å². The third-order valence-corrected chi connectivity index (χ3v) is 3.44. The minimum atomic E-state index is 0.582. The number of fused-ring (bicyclic) bond motifs is 5. The lowest BCUT2D eigenvalue weighted by atomic mass is 10.1. The first-order chi connectivity index (χ1) is 8.84. The predicted molar refractivity (Wildman–Crippen MR) is 69.7 cm³/mol. The van der Waals surface area contributed by atoms with Gasteiger partial charge in [-0.1, -0.05) is 18.2 Å². The average molecular weight is 236 g/mol. The van der Waals surface area contributed by atoms with Gasteiger partial charge in [-0.05, 0) is 31.2 Å². The van der Waals surface area contributed by atoms with Gasteiger partial charge in [0.2, 0.25) is 0 Å². The van der Waals surface area contributed by atoms with E-state index in [0.29, 0.717) is 6.61 Å². The molecule has 0 bridgehead atoms. The first-order valence-corrected chi connectivity index (χ1v) is 6.04. The minimum absolute atomic E-state index is 0.582. The molecule has 0 N–H and O–H groups in total. The van der Waals surface area contributed by atoms with Gasteiger partial charge in [0.05, 0.1) is 11.4 Å². The summed E-state index contributed by atoms with van der Waals surface area (Å²) in [6.45, 7) is 2.67. The highest BCUT2D eigenvalue weighted by Gasteiger charge is 2.22. The third kappa shape index (κ3) is 1.16. The van der Waals surface area contributed by atoms with Crippen LogP contribution in [0.3, 0.4) is 0 Å². The number of aryl methyl sites for hydroxylation is 1. The van der Waals surface area contributed by atoms with Gasteiger partial charge in [0.25, 0.3) is 0 Å². The van der Waals surface area contributed by atoms with Crippen LogP contribution in [0, 0.1) is 6.92 Å². The van der Waals surface area contributed by atoms with Crippen LogP contribution in [-0.4, -0.2) is 9.38 Å². The fraction of sp³-hybridized carbons (Fsp3) is 0.133. The molecule has 2 aromatic heterocycles. The quantitative estimate of drug-likeness (QED) is 0.599. The van der Waals surface area contributed by atoms with Crippen LogP contribution in [-0.2, 0) is 6.61 Å². The molecule has 3 heterocycles. The van der Waals surface area contributed by atoms with E-state index in [1.165, 1.54) is 5.69 Å².